The van der Waals surface area contributed by atoms with Gasteiger partial charge in [-0.2, -0.15) is 5.10 Å². The Bertz CT molecular complexity index is 627. The number of likely N-dealkylation sites (tertiary alicyclic amines) is 1. The number of H-pyrrole nitrogens is 1. The van der Waals surface area contributed by atoms with E-state index < -0.39 is 0 Å². The molecular formula is C16H24IN3O2S. The van der Waals surface area contributed by atoms with Crippen LogP contribution in [-0.4, -0.2) is 40.3 Å². The number of ether oxygens (including phenoxy) is 1. The summed E-state index contributed by atoms with van der Waals surface area (Å²) in [6.45, 7) is 9.55. The molecule has 1 fully saturated rings. The van der Waals surface area contributed by atoms with Crippen molar-refractivity contribution in [1.82, 2.24) is 15.1 Å². The van der Waals surface area contributed by atoms with Crippen LogP contribution < -0.4 is 0 Å². The van der Waals surface area contributed by atoms with Crippen molar-refractivity contribution >= 4 is 50.6 Å². The molecule has 1 saturated heterocycles. The molecule has 0 amide bonds. The maximum absolute atomic E-state index is 9.60. The number of aromatic amines is 1. The molecule has 0 bridgehead atoms. The minimum absolute atomic E-state index is 0.318. The number of rotatable bonds is 3. The summed E-state index contributed by atoms with van der Waals surface area (Å²) in [5, 5.41) is 7.31. The highest BCUT2D eigenvalue weighted by atomic mass is 127. The van der Waals surface area contributed by atoms with Gasteiger partial charge in [0.05, 0.1) is 4.70 Å². The van der Waals surface area contributed by atoms with Crippen LogP contribution in [0.4, 0.5) is 0 Å². The fraction of sp³-hybridized carbons (Fsp3) is 0.625. The van der Waals surface area contributed by atoms with Crippen molar-refractivity contribution in [3.05, 3.63) is 14.6 Å². The summed E-state index contributed by atoms with van der Waals surface area (Å²) in [5.74, 6) is 0. The summed E-state index contributed by atoms with van der Waals surface area (Å²) in [6.07, 6.45) is 4.13. The lowest BCUT2D eigenvalue weighted by atomic mass is 10.1. The smallest absolute Gasteiger partial charge is 0.293 e. The Morgan fingerprint density at radius 1 is 1.39 bits per heavy atom. The van der Waals surface area contributed by atoms with Crippen molar-refractivity contribution in [3.8, 4) is 0 Å². The molecule has 0 saturated carbocycles. The molecule has 23 heavy (non-hydrogen) atoms. The van der Waals surface area contributed by atoms with Gasteiger partial charge in [0.1, 0.15) is 14.8 Å². The second-order valence-corrected chi connectivity index (χ2v) is 8.84. The van der Waals surface area contributed by atoms with E-state index >= 15 is 0 Å². The van der Waals surface area contributed by atoms with E-state index in [4.69, 9.17) is 0 Å². The molecule has 128 valence electrons. The lowest BCUT2D eigenvalue weighted by molar-refractivity contribution is -0.138. The third kappa shape index (κ3) is 6.04. The maximum Gasteiger partial charge on any atom is 0.293 e. The third-order valence-electron chi connectivity index (χ3n) is 3.47. The van der Waals surface area contributed by atoms with Crippen LogP contribution in [0.5, 0.6) is 0 Å². The van der Waals surface area contributed by atoms with Gasteiger partial charge >= 0.3 is 0 Å². The van der Waals surface area contributed by atoms with Crippen LogP contribution >= 0.6 is 33.9 Å². The molecule has 0 atom stereocenters. The molecule has 0 spiro atoms. The summed E-state index contributed by atoms with van der Waals surface area (Å²) in [6, 6.07) is 2.23. The van der Waals surface area contributed by atoms with Crippen LogP contribution in [-0.2, 0) is 16.1 Å². The summed E-state index contributed by atoms with van der Waals surface area (Å²) in [4.78, 5) is 13.6. The zero-order chi connectivity index (χ0) is 16.9. The average Bonchev–Trinajstić information content (AvgIpc) is 3.02. The number of nitrogens with one attached hydrogen (secondary N) is 1. The first kappa shape index (κ1) is 18.7. The Balaban J connectivity index is 0.000000236. The van der Waals surface area contributed by atoms with Crippen LogP contribution in [0.15, 0.2) is 6.07 Å². The highest BCUT2D eigenvalue weighted by Gasteiger charge is 2.13. The van der Waals surface area contributed by atoms with E-state index in [1.165, 1.54) is 45.6 Å². The molecule has 0 aromatic carbocycles. The first-order valence-corrected chi connectivity index (χ1v) is 9.74. The molecule has 0 radical (unpaired) electrons. The van der Waals surface area contributed by atoms with Crippen molar-refractivity contribution in [2.24, 2.45) is 0 Å². The van der Waals surface area contributed by atoms with E-state index in [1.54, 1.807) is 0 Å². The molecule has 3 rings (SSSR count). The summed E-state index contributed by atoms with van der Waals surface area (Å²) in [7, 11) is 0. The normalized spacial score (nSPS) is 16.0. The van der Waals surface area contributed by atoms with Crippen molar-refractivity contribution in [1.29, 1.82) is 0 Å². The second kappa shape index (κ2) is 8.43. The van der Waals surface area contributed by atoms with E-state index in [9.17, 15) is 4.79 Å². The van der Waals surface area contributed by atoms with E-state index in [-0.39, 0.29) is 5.60 Å². The highest BCUT2D eigenvalue weighted by molar-refractivity contribution is 14.1. The maximum atomic E-state index is 9.60. The van der Waals surface area contributed by atoms with Crippen molar-refractivity contribution in [3.63, 3.8) is 0 Å². The number of carbonyl (C=O) groups is 1. The van der Waals surface area contributed by atoms with Gasteiger partial charge in [-0.1, -0.05) is 6.42 Å². The van der Waals surface area contributed by atoms with Crippen LogP contribution in [0.2, 0.25) is 0 Å². The van der Waals surface area contributed by atoms with Crippen molar-refractivity contribution < 1.29 is 9.53 Å². The molecule has 1 aliphatic heterocycles. The van der Waals surface area contributed by atoms with Gasteiger partial charge < -0.3 is 4.74 Å². The quantitative estimate of drug-likeness (QED) is 0.565. The Morgan fingerprint density at radius 2 is 2.09 bits per heavy atom. The molecule has 2 aromatic heterocycles. The number of hydrogen-bond donors (Lipinski definition) is 1. The molecule has 3 heterocycles. The van der Waals surface area contributed by atoms with Crippen LogP contribution in [0.1, 0.15) is 44.9 Å². The minimum Gasteiger partial charge on any atom is -0.462 e. The molecule has 0 aliphatic carbocycles. The zero-order valence-corrected chi connectivity index (χ0v) is 16.9. The number of halogens is 1. The van der Waals surface area contributed by atoms with Gasteiger partial charge in [0.2, 0.25) is 0 Å². The van der Waals surface area contributed by atoms with Crippen molar-refractivity contribution in [2.45, 2.75) is 52.2 Å². The van der Waals surface area contributed by atoms with E-state index in [1.807, 2.05) is 32.1 Å². The highest BCUT2D eigenvalue weighted by Crippen LogP contribution is 2.29. The Morgan fingerprint density at radius 3 is 2.61 bits per heavy atom. The monoisotopic (exact) mass is 449 g/mol. The van der Waals surface area contributed by atoms with Gasteiger partial charge in [0.15, 0.2) is 0 Å². The first-order valence-electron chi connectivity index (χ1n) is 7.85. The number of nitrogens with zero attached hydrogens (tertiary/aromatic N) is 2. The molecule has 2 aromatic rings. The second-order valence-electron chi connectivity index (χ2n) is 6.63. The summed E-state index contributed by atoms with van der Waals surface area (Å²) < 4.78 is 7.03. The topological polar surface area (TPSA) is 58.2 Å². The predicted octanol–water partition coefficient (Wildman–Crippen LogP) is 4.17. The van der Waals surface area contributed by atoms with E-state index in [0.717, 1.165) is 12.1 Å². The van der Waals surface area contributed by atoms with Gasteiger partial charge in [-0.25, -0.2) is 0 Å². The minimum atomic E-state index is -0.318. The van der Waals surface area contributed by atoms with Crippen molar-refractivity contribution in [2.75, 3.05) is 13.1 Å². The molecule has 5 nitrogen and oxygen atoms in total. The molecule has 1 N–H and O–H groups in total. The molecule has 0 unspecified atom stereocenters. The van der Waals surface area contributed by atoms with Gasteiger partial charge in [0.25, 0.3) is 6.47 Å². The zero-order valence-electron chi connectivity index (χ0n) is 13.9. The SMILES string of the molecule is CC(C)(C)OC=O.Ic1[nH]nc2cc(CN3CCCCC3)sc12. The lowest BCUT2D eigenvalue weighted by Crippen LogP contribution is -2.28. The number of aromatic nitrogens is 2. The van der Waals surface area contributed by atoms with E-state index in [2.05, 4.69) is 48.5 Å². The van der Waals surface area contributed by atoms with Gasteiger partial charge in [-0.3, -0.25) is 14.8 Å². The fourth-order valence-electron chi connectivity index (χ4n) is 2.39. The van der Waals surface area contributed by atoms with Gasteiger partial charge in [0, 0.05) is 11.4 Å². The van der Waals surface area contributed by atoms with Gasteiger partial charge in [-0.15, -0.1) is 11.3 Å². The third-order valence-corrected chi connectivity index (χ3v) is 5.74. The van der Waals surface area contributed by atoms with Crippen LogP contribution in [0.25, 0.3) is 10.2 Å². The Labute approximate surface area is 154 Å². The number of carbonyl (C=O) groups excluding carboxylic acids is 1. The fourth-order valence-corrected chi connectivity index (χ4v) is 4.14. The Hall–Kier alpha value is -0.670. The van der Waals surface area contributed by atoms with Crippen LogP contribution in [0.3, 0.4) is 0 Å². The number of piperidine rings is 1. The Kier molecular flexibility index (Phi) is 6.84. The number of thiophene rings is 1. The molecule has 7 heteroatoms. The number of fused-ring (bicyclic) bond motifs is 1. The van der Waals surface area contributed by atoms with Crippen LogP contribution in [0, 0.1) is 3.70 Å². The van der Waals surface area contributed by atoms with E-state index in [0.29, 0.717) is 6.47 Å². The van der Waals surface area contributed by atoms with Gasteiger partial charge in [-0.05, 0) is 75.4 Å². The predicted molar refractivity (Wildman–Crippen MR) is 103 cm³/mol. The molecular weight excluding hydrogens is 425 g/mol. The standard InChI is InChI=1S/C11H14IN3S.C5H10O2/c12-11-10-9(13-14-11)6-8(16-10)7-15-4-2-1-3-5-15;1-5(2,3)7-4-6/h6H,1-5,7H2,(H,13,14);4H,1-3H3. The largest absolute Gasteiger partial charge is 0.462 e. The summed E-state index contributed by atoms with van der Waals surface area (Å²) in [5.41, 5.74) is 0.809. The molecule has 1 aliphatic rings. The first-order chi connectivity index (χ1) is 10.9. The lowest BCUT2D eigenvalue weighted by Gasteiger charge is -2.25. The average molecular weight is 449 g/mol. The number of hydrogen-bond acceptors (Lipinski definition) is 5. The summed E-state index contributed by atoms with van der Waals surface area (Å²) >= 11 is 4.20.